The number of rotatable bonds is 7. The van der Waals surface area contributed by atoms with Crippen molar-refractivity contribution >= 4 is 34.4 Å². The lowest BCUT2D eigenvalue weighted by molar-refractivity contribution is -0.140. The second-order valence-corrected chi connectivity index (χ2v) is 9.18. The van der Waals surface area contributed by atoms with Gasteiger partial charge in [0, 0.05) is 36.2 Å². The van der Waals surface area contributed by atoms with Gasteiger partial charge in [-0.15, -0.1) is 0 Å². The first kappa shape index (κ1) is 25.1. The highest BCUT2D eigenvalue weighted by molar-refractivity contribution is 6.00. The van der Waals surface area contributed by atoms with E-state index in [1.54, 1.807) is 25.1 Å². The molecule has 2 heterocycles. The molecule has 0 saturated carbocycles. The van der Waals surface area contributed by atoms with Crippen molar-refractivity contribution in [3.05, 3.63) is 76.1 Å². The Kier molecular flexibility index (Phi) is 7.49. The van der Waals surface area contributed by atoms with E-state index < -0.39 is 29.7 Å². The number of benzene rings is 2. The van der Waals surface area contributed by atoms with Crippen molar-refractivity contribution in [2.45, 2.75) is 51.2 Å². The predicted molar refractivity (Wildman–Crippen MR) is 136 cm³/mol. The van der Waals surface area contributed by atoms with Crippen LogP contribution in [0.25, 0.3) is 11.0 Å². The Labute approximate surface area is 208 Å². The van der Waals surface area contributed by atoms with Crippen LogP contribution in [-0.4, -0.2) is 47.3 Å². The van der Waals surface area contributed by atoms with Gasteiger partial charge >= 0.3 is 5.63 Å². The Morgan fingerprint density at radius 3 is 2.61 bits per heavy atom. The minimum atomic E-state index is -0.850. The molecular weight excluding hydrogens is 460 g/mol. The maximum atomic E-state index is 13.6. The molecule has 0 radical (unpaired) electrons. The van der Waals surface area contributed by atoms with Crippen molar-refractivity contribution in [3.8, 4) is 0 Å². The maximum Gasteiger partial charge on any atom is 0.336 e. The van der Waals surface area contributed by atoms with Gasteiger partial charge in [-0.05, 0) is 49.9 Å². The van der Waals surface area contributed by atoms with Gasteiger partial charge < -0.3 is 25.7 Å². The van der Waals surface area contributed by atoms with Gasteiger partial charge in [-0.25, -0.2) is 4.79 Å². The molecule has 1 aliphatic rings. The summed E-state index contributed by atoms with van der Waals surface area (Å²) in [5, 5.41) is 6.37. The van der Waals surface area contributed by atoms with Crippen LogP contribution >= 0.6 is 0 Å². The van der Waals surface area contributed by atoms with Gasteiger partial charge in [0.2, 0.25) is 17.7 Å². The van der Waals surface area contributed by atoms with E-state index in [9.17, 15) is 19.2 Å². The Morgan fingerprint density at radius 2 is 1.89 bits per heavy atom. The molecule has 4 rings (SSSR count). The van der Waals surface area contributed by atoms with Crippen LogP contribution in [-0.2, 0) is 20.8 Å². The minimum absolute atomic E-state index is 0.284. The van der Waals surface area contributed by atoms with E-state index in [0.29, 0.717) is 30.7 Å². The molecule has 3 aromatic rings. The van der Waals surface area contributed by atoms with Crippen molar-refractivity contribution in [1.29, 1.82) is 0 Å². The van der Waals surface area contributed by atoms with Crippen molar-refractivity contribution < 1.29 is 18.8 Å². The first-order valence-corrected chi connectivity index (χ1v) is 12.0. The van der Waals surface area contributed by atoms with Gasteiger partial charge in [0.1, 0.15) is 17.7 Å². The van der Waals surface area contributed by atoms with Crippen LogP contribution in [0.2, 0.25) is 0 Å². The highest BCUT2D eigenvalue weighted by Crippen LogP contribution is 2.24. The quantitative estimate of drug-likeness (QED) is 0.434. The Hall–Kier alpha value is -3.98. The number of fused-ring (bicyclic) bond motifs is 1. The van der Waals surface area contributed by atoms with Gasteiger partial charge in [0.15, 0.2) is 0 Å². The zero-order chi connectivity index (χ0) is 25.8. The molecule has 1 aliphatic heterocycles. The van der Waals surface area contributed by atoms with Crippen LogP contribution in [0.5, 0.6) is 0 Å². The van der Waals surface area contributed by atoms with Crippen LogP contribution in [0.15, 0.2) is 63.8 Å². The Bertz CT molecular complexity index is 1330. The number of hydrogen-bond donors (Lipinski definition) is 3. The molecule has 3 atom stereocenters. The zero-order valence-corrected chi connectivity index (χ0v) is 20.3. The molecule has 3 amide bonds. The topological polar surface area (TPSA) is 135 Å². The lowest BCUT2D eigenvalue weighted by Crippen LogP contribution is -2.55. The molecule has 0 spiro atoms. The van der Waals surface area contributed by atoms with E-state index in [1.807, 2.05) is 37.3 Å². The highest BCUT2D eigenvalue weighted by atomic mass is 16.4. The number of likely N-dealkylation sites (tertiary alicyclic amines) is 1. The second kappa shape index (κ2) is 10.7. The SMILES string of the molecule is Cc1cc(=O)oc2cc(NC(=O)[C@@H]3CCCN3C(=O)[C@H](Cc3ccccc3)NC(=O)[C@H](C)N)ccc12. The van der Waals surface area contributed by atoms with Crippen molar-refractivity contribution in [1.82, 2.24) is 10.2 Å². The molecule has 9 nitrogen and oxygen atoms in total. The fourth-order valence-electron chi connectivity index (χ4n) is 4.48. The first-order chi connectivity index (χ1) is 17.2. The summed E-state index contributed by atoms with van der Waals surface area (Å²) in [6.07, 6.45) is 1.44. The smallest absolute Gasteiger partial charge is 0.336 e. The third-order valence-corrected chi connectivity index (χ3v) is 6.37. The number of nitrogens with two attached hydrogens (primary N) is 1. The van der Waals surface area contributed by atoms with Gasteiger partial charge in [-0.2, -0.15) is 0 Å². The standard InChI is InChI=1S/C27H30N4O5/c1-16-13-24(32)36-23-15-19(10-11-20(16)23)29-26(34)22-9-6-12-31(22)27(35)21(30-25(33)17(2)28)14-18-7-4-3-5-8-18/h3-5,7-8,10-11,13,15,17,21-22H,6,9,12,14,28H2,1-2H3,(H,29,34)(H,30,33)/t17-,21-,22-/m0/s1. The van der Waals surface area contributed by atoms with Gasteiger partial charge in [0.05, 0.1) is 6.04 Å². The second-order valence-electron chi connectivity index (χ2n) is 9.18. The van der Waals surface area contributed by atoms with Crippen molar-refractivity contribution in [2.75, 3.05) is 11.9 Å². The van der Waals surface area contributed by atoms with Crippen LogP contribution in [0.1, 0.15) is 30.9 Å². The minimum Gasteiger partial charge on any atom is -0.423 e. The van der Waals surface area contributed by atoms with Crippen LogP contribution in [0, 0.1) is 6.92 Å². The average molecular weight is 491 g/mol. The molecule has 0 bridgehead atoms. The Balaban J connectivity index is 1.52. The van der Waals surface area contributed by atoms with E-state index >= 15 is 0 Å². The highest BCUT2D eigenvalue weighted by Gasteiger charge is 2.38. The fraction of sp³-hybridized carbons (Fsp3) is 0.333. The molecule has 4 N–H and O–H groups in total. The van der Waals surface area contributed by atoms with E-state index in [-0.39, 0.29) is 18.2 Å². The number of nitrogens with one attached hydrogen (secondary N) is 2. The molecule has 1 fully saturated rings. The molecule has 2 aromatic carbocycles. The summed E-state index contributed by atoms with van der Waals surface area (Å²) < 4.78 is 5.27. The molecule has 0 unspecified atom stereocenters. The fourth-order valence-corrected chi connectivity index (χ4v) is 4.48. The van der Waals surface area contributed by atoms with E-state index in [0.717, 1.165) is 16.5 Å². The normalized spacial score (nSPS) is 17.0. The summed E-state index contributed by atoms with van der Waals surface area (Å²) in [6.45, 7) is 3.77. The molecule has 1 saturated heterocycles. The molecule has 0 aliphatic carbocycles. The summed E-state index contributed by atoms with van der Waals surface area (Å²) in [4.78, 5) is 52.4. The van der Waals surface area contributed by atoms with E-state index in [4.69, 9.17) is 10.2 Å². The lowest BCUT2D eigenvalue weighted by atomic mass is 10.0. The third kappa shape index (κ3) is 5.63. The van der Waals surface area contributed by atoms with E-state index in [1.165, 1.54) is 11.0 Å². The number of amides is 3. The zero-order valence-electron chi connectivity index (χ0n) is 20.3. The number of aryl methyl sites for hydroxylation is 1. The first-order valence-electron chi connectivity index (χ1n) is 12.0. The maximum absolute atomic E-state index is 13.6. The summed E-state index contributed by atoms with van der Waals surface area (Å²) in [6, 6.07) is 13.6. The summed E-state index contributed by atoms with van der Waals surface area (Å²) in [5.41, 5.74) is 7.76. The summed E-state index contributed by atoms with van der Waals surface area (Å²) in [7, 11) is 0. The largest absolute Gasteiger partial charge is 0.423 e. The van der Waals surface area contributed by atoms with Crippen LogP contribution < -0.4 is 22.0 Å². The molecule has 1 aromatic heterocycles. The number of nitrogens with zero attached hydrogens (tertiary/aromatic N) is 1. The van der Waals surface area contributed by atoms with E-state index in [2.05, 4.69) is 10.6 Å². The number of carbonyl (C=O) groups excluding carboxylic acids is 3. The number of carbonyl (C=O) groups is 3. The predicted octanol–water partition coefficient (Wildman–Crippen LogP) is 2.11. The third-order valence-electron chi connectivity index (χ3n) is 6.37. The molecule has 9 heteroatoms. The van der Waals surface area contributed by atoms with Gasteiger partial charge in [-0.3, -0.25) is 14.4 Å². The summed E-state index contributed by atoms with van der Waals surface area (Å²) >= 11 is 0. The van der Waals surface area contributed by atoms with Crippen molar-refractivity contribution in [2.24, 2.45) is 5.73 Å². The van der Waals surface area contributed by atoms with Crippen LogP contribution in [0.4, 0.5) is 5.69 Å². The average Bonchev–Trinajstić information content (AvgIpc) is 3.33. The summed E-state index contributed by atoms with van der Waals surface area (Å²) in [5.74, 6) is -1.10. The number of anilines is 1. The molecule has 188 valence electrons. The number of hydrogen-bond acceptors (Lipinski definition) is 6. The van der Waals surface area contributed by atoms with Gasteiger partial charge in [0.25, 0.3) is 0 Å². The van der Waals surface area contributed by atoms with Crippen LogP contribution in [0.3, 0.4) is 0 Å². The Morgan fingerprint density at radius 1 is 1.14 bits per heavy atom. The lowest BCUT2D eigenvalue weighted by Gasteiger charge is -2.29. The van der Waals surface area contributed by atoms with Crippen molar-refractivity contribution in [3.63, 3.8) is 0 Å². The molecular formula is C27H30N4O5. The monoisotopic (exact) mass is 490 g/mol. The molecule has 36 heavy (non-hydrogen) atoms. The van der Waals surface area contributed by atoms with Gasteiger partial charge in [-0.1, -0.05) is 30.3 Å².